The van der Waals surface area contributed by atoms with Crippen LogP contribution in [0.5, 0.6) is 11.5 Å². The van der Waals surface area contributed by atoms with Crippen LogP contribution in [-0.2, 0) is 4.79 Å². The Morgan fingerprint density at radius 3 is 2.88 bits per heavy atom. The van der Waals surface area contributed by atoms with Gasteiger partial charge in [0.05, 0.1) is 6.04 Å². The van der Waals surface area contributed by atoms with Gasteiger partial charge in [-0.1, -0.05) is 24.3 Å². The Kier molecular flexibility index (Phi) is 4.22. The molecular formula is C18H17N5O3. The molecule has 1 heterocycles. The van der Waals surface area contributed by atoms with Crippen molar-refractivity contribution in [2.24, 2.45) is 0 Å². The van der Waals surface area contributed by atoms with Crippen LogP contribution in [-0.4, -0.2) is 37.8 Å². The van der Waals surface area contributed by atoms with E-state index in [0.29, 0.717) is 17.6 Å². The summed E-state index contributed by atoms with van der Waals surface area (Å²) < 4.78 is 7.16. The Bertz CT molecular complexity index is 936. The van der Waals surface area contributed by atoms with Gasteiger partial charge in [0.15, 0.2) is 23.9 Å². The first-order valence-corrected chi connectivity index (χ1v) is 8.29. The number of hydrogen-bond acceptors (Lipinski definition) is 6. The van der Waals surface area contributed by atoms with E-state index in [1.807, 2.05) is 22.9 Å². The van der Waals surface area contributed by atoms with E-state index in [9.17, 15) is 9.90 Å². The molecule has 1 aliphatic carbocycles. The summed E-state index contributed by atoms with van der Waals surface area (Å²) in [6.45, 7) is -0.207. The molecule has 1 aliphatic rings. The summed E-state index contributed by atoms with van der Waals surface area (Å²) in [5, 5.41) is 24.3. The Labute approximate surface area is 149 Å². The van der Waals surface area contributed by atoms with E-state index >= 15 is 0 Å². The summed E-state index contributed by atoms with van der Waals surface area (Å²) in [4.78, 5) is 12.1. The molecule has 2 N–H and O–H groups in total. The summed E-state index contributed by atoms with van der Waals surface area (Å²) in [6.07, 6.45) is 2.16. The van der Waals surface area contributed by atoms with Crippen LogP contribution in [0.4, 0.5) is 5.69 Å². The van der Waals surface area contributed by atoms with Crippen molar-refractivity contribution in [3.63, 3.8) is 0 Å². The average Bonchev–Trinajstić information content (AvgIpc) is 3.38. The molecule has 0 atom stereocenters. The lowest BCUT2D eigenvalue weighted by Crippen LogP contribution is -2.20. The third-order valence-corrected chi connectivity index (χ3v) is 4.01. The van der Waals surface area contributed by atoms with Gasteiger partial charge in [-0.15, -0.1) is 5.10 Å². The zero-order valence-corrected chi connectivity index (χ0v) is 13.9. The molecule has 2 aromatic carbocycles. The second-order valence-corrected chi connectivity index (χ2v) is 6.06. The van der Waals surface area contributed by atoms with Crippen molar-refractivity contribution >= 4 is 11.6 Å². The van der Waals surface area contributed by atoms with E-state index in [0.717, 1.165) is 18.4 Å². The number of anilines is 1. The summed E-state index contributed by atoms with van der Waals surface area (Å²) in [6, 6.07) is 14.2. The number of carbonyl (C=O) groups excluding carboxylic acids is 1. The summed E-state index contributed by atoms with van der Waals surface area (Å²) in [7, 11) is 0. The van der Waals surface area contributed by atoms with Crippen molar-refractivity contribution in [3.05, 3.63) is 48.5 Å². The van der Waals surface area contributed by atoms with E-state index in [1.54, 1.807) is 24.3 Å². The molecule has 1 amide bonds. The molecule has 8 nitrogen and oxygen atoms in total. The molecule has 0 bridgehead atoms. The van der Waals surface area contributed by atoms with Gasteiger partial charge in [-0.3, -0.25) is 4.79 Å². The molecule has 3 aromatic rings. The average molecular weight is 351 g/mol. The molecule has 4 rings (SSSR count). The maximum absolute atomic E-state index is 12.1. The van der Waals surface area contributed by atoms with E-state index < -0.39 is 0 Å². The van der Waals surface area contributed by atoms with Crippen LogP contribution in [0.3, 0.4) is 0 Å². The smallest absolute Gasteiger partial charge is 0.262 e. The minimum Gasteiger partial charge on any atom is -0.504 e. The zero-order valence-electron chi connectivity index (χ0n) is 13.9. The van der Waals surface area contributed by atoms with Gasteiger partial charge in [-0.2, -0.15) is 0 Å². The van der Waals surface area contributed by atoms with Crippen molar-refractivity contribution < 1.29 is 14.6 Å². The monoisotopic (exact) mass is 351 g/mol. The summed E-state index contributed by atoms with van der Waals surface area (Å²) in [5.41, 5.74) is 1.46. The van der Waals surface area contributed by atoms with Crippen LogP contribution in [0.25, 0.3) is 11.4 Å². The number of tetrazole rings is 1. The normalized spacial score (nSPS) is 13.4. The first-order valence-electron chi connectivity index (χ1n) is 8.29. The number of amides is 1. The second kappa shape index (κ2) is 6.83. The zero-order chi connectivity index (χ0) is 17.9. The molecule has 0 spiro atoms. The van der Waals surface area contributed by atoms with Gasteiger partial charge in [0.25, 0.3) is 5.91 Å². The second-order valence-electron chi connectivity index (χ2n) is 6.06. The largest absolute Gasteiger partial charge is 0.504 e. The lowest BCUT2D eigenvalue weighted by molar-refractivity contribution is -0.118. The van der Waals surface area contributed by atoms with Gasteiger partial charge < -0.3 is 15.2 Å². The number of aromatic nitrogens is 4. The third-order valence-electron chi connectivity index (χ3n) is 4.01. The van der Waals surface area contributed by atoms with Gasteiger partial charge in [0.2, 0.25) is 0 Å². The third kappa shape index (κ3) is 3.49. The molecule has 0 unspecified atom stereocenters. The van der Waals surface area contributed by atoms with Crippen LogP contribution >= 0.6 is 0 Å². The van der Waals surface area contributed by atoms with Crippen molar-refractivity contribution in [2.75, 3.05) is 11.9 Å². The number of nitrogens with one attached hydrogen (secondary N) is 1. The van der Waals surface area contributed by atoms with Crippen molar-refractivity contribution in [1.29, 1.82) is 0 Å². The number of hydrogen-bond donors (Lipinski definition) is 2. The van der Waals surface area contributed by atoms with E-state index in [2.05, 4.69) is 20.8 Å². The minimum absolute atomic E-state index is 0.00536. The van der Waals surface area contributed by atoms with Gasteiger partial charge in [0.1, 0.15) is 0 Å². The number of para-hydroxylation sites is 2. The minimum atomic E-state index is -0.327. The Morgan fingerprint density at radius 1 is 1.23 bits per heavy atom. The van der Waals surface area contributed by atoms with E-state index in [-0.39, 0.29) is 24.0 Å². The maximum Gasteiger partial charge on any atom is 0.262 e. The highest BCUT2D eigenvalue weighted by molar-refractivity contribution is 5.92. The van der Waals surface area contributed by atoms with Crippen LogP contribution in [0.2, 0.25) is 0 Å². The van der Waals surface area contributed by atoms with Crippen LogP contribution in [0.15, 0.2) is 48.5 Å². The molecule has 1 aromatic heterocycles. The van der Waals surface area contributed by atoms with E-state index in [4.69, 9.17) is 4.74 Å². The number of aromatic hydroxyl groups is 1. The van der Waals surface area contributed by atoms with Gasteiger partial charge in [-0.25, -0.2) is 4.68 Å². The number of phenols is 1. The molecule has 0 radical (unpaired) electrons. The van der Waals surface area contributed by atoms with Gasteiger partial charge >= 0.3 is 0 Å². The van der Waals surface area contributed by atoms with Gasteiger partial charge in [0, 0.05) is 11.3 Å². The lowest BCUT2D eigenvalue weighted by atomic mass is 10.2. The molecule has 1 fully saturated rings. The van der Waals surface area contributed by atoms with Crippen molar-refractivity contribution in [2.45, 2.75) is 18.9 Å². The quantitative estimate of drug-likeness (QED) is 0.707. The first-order chi connectivity index (χ1) is 12.7. The summed E-state index contributed by atoms with van der Waals surface area (Å²) >= 11 is 0. The molecule has 132 valence electrons. The van der Waals surface area contributed by atoms with E-state index in [1.165, 1.54) is 6.07 Å². The number of phenolic OH excluding ortho intramolecular Hbond substituents is 1. The molecular weight excluding hydrogens is 334 g/mol. The van der Waals surface area contributed by atoms with Crippen LogP contribution < -0.4 is 10.1 Å². The van der Waals surface area contributed by atoms with Gasteiger partial charge in [-0.05, 0) is 47.5 Å². The highest BCUT2D eigenvalue weighted by Gasteiger charge is 2.28. The topological polar surface area (TPSA) is 102 Å². The molecule has 1 saturated carbocycles. The number of nitrogens with zero attached hydrogens (tertiary/aromatic N) is 4. The van der Waals surface area contributed by atoms with Crippen LogP contribution in [0.1, 0.15) is 18.9 Å². The Balaban J connectivity index is 1.43. The van der Waals surface area contributed by atoms with Crippen LogP contribution in [0, 0.1) is 0 Å². The lowest BCUT2D eigenvalue weighted by Gasteiger charge is -2.09. The fourth-order valence-corrected chi connectivity index (χ4v) is 2.60. The first kappa shape index (κ1) is 16.1. The van der Waals surface area contributed by atoms with Crippen molar-refractivity contribution in [3.8, 4) is 22.9 Å². The molecule has 26 heavy (non-hydrogen) atoms. The molecule has 0 aliphatic heterocycles. The predicted molar refractivity (Wildman–Crippen MR) is 93.8 cm³/mol. The summed E-state index contributed by atoms with van der Waals surface area (Å²) in [5.74, 6) is 0.621. The maximum atomic E-state index is 12.1. The standard InChI is InChI=1S/C18H17N5O3/c24-15-6-1-2-7-16(15)26-11-17(25)19-13-5-3-4-12(10-13)18-20-21-22-23(18)14-8-9-14/h1-7,10,14,24H,8-9,11H2,(H,19,25). The number of carbonyl (C=O) groups is 1. The highest BCUT2D eigenvalue weighted by Crippen LogP contribution is 2.36. The molecule has 0 saturated heterocycles. The Hall–Kier alpha value is -3.42. The SMILES string of the molecule is O=C(COc1ccccc1O)Nc1cccc(-c2nnnn2C2CC2)c1. The fraction of sp³-hybridized carbons (Fsp3) is 0.222. The number of benzene rings is 2. The highest BCUT2D eigenvalue weighted by atomic mass is 16.5. The Morgan fingerprint density at radius 2 is 2.08 bits per heavy atom. The predicted octanol–water partition coefficient (Wildman–Crippen LogP) is 2.40. The molecule has 8 heteroatoms. The number of rotatable bonds is 6. The van der Waals surface area contributed by atoms with Crippen molar-refractivity contribution in [1.82, 2.24) is 20.2 Å². The fourth-order valence-electron chi connectivity index (χ4n) is 2.60. The number of ether oxygens (including phenoxy) is 1.